The van der Waals surface area contributed by atoms with Gasteiger partial charge in [-0.3, -0.25) is 14.9 Å². The molecule has 2 aromatic rings. The maximum absolute atomic E-state index is 12.2. The number of amides is 1. The molecular formula is C17H16ClN3O7. The van der Waals surface area contributed by atoms with Crippen LogP contribution in [0.15, 0.2) is 30.3 Å². The van der Waals surface area contributed by atoms with Crippen LogP contribution in [-0.2, 0) is 9.53 Å². The van der Waals surface area contributed by atoms with Crippen molar-refractivity contribution < 1.29 is 28.7 Å². The van der Waals surface area contributed by atoms with E-state index in [4.69, 9.17) is 31.5 Å². The van der Waals surface area contributed by atoms with Gasteiger partial charge in [0.15, 0.2) is 6.61 Å². The van der Waals surface area contributed by atoms with Gasteiger partial charge in [0.05, 0.1) is 35.5 Å². The van der Waals surface area contributed by atoms with E-state index in [-0.39, 0.29) is 39.1 Å². The van der Waals surface area contributed by atoms with Gasteiger partial charge in [-0.05, 0) is 12.1 Å². The fourth-order valence-electron chi connectivity index (χ4n) is 2.20. The first-order valence-corrected chi connectivity index (χ1v) is 8.07. The number of esters is 1. The molecule has 0 spiro atoms. The Balaban J connectivity index is 2.09. The number of nitro benzene ring substituents is 1. The summed E-state index contributed by atoms with van der Waals surface area (Å²) < 4.78 is 15.0. The molecule has 0 saturated heterocycles. The van der Waals surface area contributed by atoms with E-state index in [1.807, 2.05) is 0 Å². The Morgan fingerprint density at radius 1 is 1.18 bits per heavy atom. The van der Waals surface area contributed by atoms with Gasteiger partial charge in [-0.1, -0.05) is 11.6 Å². The van der Waals surface area contributed by atoms with E-state index >= 15 is 0 Å². The molecule has 10 nitrogen and oxygen atoms in total. The number of ether oxygens (including phenoxy) is 3. The molecule has 0 heterocycles. The second-order valence-electron chi connectivity index (χ2n) is 5.34. The molecule has 0 aliphatic rings. The van der Waals surface area contributed by atoms with Gasteiger partial charge in [0.2, 0.25) is 0 Å². The molecule has 1 amide bonds. The zero-order valence-electron chi connectivity index (χ0n) is 14.9. The van der Waals surface area contributed by atoms with Crippen molar-refractivity contribution in [1.82, 2.24) is 0 Å². The van der Waals surface area contributed by atoms with Crippen LogP contribution in [0.3, 0.4) is 0 Å². The van der Waals surface area contributed by atoms with Crippen molar-refractivity contribution in [3.05, 3.63) is 51.0 Å². The number of non-ortho nitro benzene ring substituents is 1. The van der Waals surface area contributed by atoms with Crippen LogP contribution in [0, 0.1) is 10.1 Å². The molecule has 0 aromatic heterocycles. The van der Waals surface area contributed by atoms with Crippen LogP contribution in [0.2, 0.25) is 5.02 Å². The Morgan fingerprint density at radius 3 is 2.46 bits per heavy atom. The van der Waals surface area contributed by atoms with Gasteiger partial charge in [0.1, 0.15) is 17.1 Å². The van der Waals surface area contributed by atoms with Gasteiger partial charge in [0.25, 0.3) is 11.6 Å². The Kier molecular flexibility index (Phi) is 6.61. The number of hydrogen-bond donors (Lipinski definition) is 2. The number of carbonyl (C=O) groups is 2. The van der Waals surface area contributed by atoms with Crippen molar-refractivity contribution in [2.24, 2.45) is 0 Å². The minimum Gasteiger partial charge on any atom is -0.496 e. The third-order valence-corrected chi connectivity index (χ3v) is 3.87. The number of nitrogens with one attached hydrogen (secondary N) is 1. The van der Waals surface area contributed by atoms with Gasteiger partial charge in [-0.2, -0.15) is 0 Å². The minimum absolute atomic E-state index is 0.0116. The Hall–Kier alpha value is -3.53. The van der Waals surface area contributed by atoms with Crippen LogP contribution in [0.1, 0.15) is 10.4 Å². The number of nitrogens with two attached hydrogens (primary N) is 1. The molecule has 28 heavy (non-hydrogen) atoms. The summed E-state index contributed by atoms with van der Waals surface area (Å²) in [6, 6.07) is 6.31. The average molecular weight is 410 g/mol. The Labute approximate surface area is 164 Å². The first kappa shape index (κ1) is 20.8. The number of hydrogen-bond acceptors (Lipinski definition) is 8. The number of nitro groups is 1. The molecule has 2 rings (SSSR count). The number of rotatable bonds is 7. The molecule has 0 fully saturated rings. The number of anilines is 2. The topological polar surface area (TPSA) is 143 Å². The predicted molar refractivity (Wildman–Crippen MR) is 101 cm³/mol. The zero-order valence-corrected chi connectivity index (χ0v) is 15.6. The quantitative estimate of drug-likeness (QED) is 0.307. The highest BCUT2D eigenvalue weighted by atomic mass is 35.5. The number of nitrogen functional groups attached to an aromatic ring is 1. The summed E-state index contributed by atoms with van der Waals surface area (Å²) >= 11 is 5.89. The van der Waals surface area contributed by atoms with Crippen LogP contribution < -0.4 is 20.5 Å². The molecule has 0 atom stereocenters. The second-order valence-corrected chi connectivity index (χ2v) is 5.75. The van der Waals surface area contributed by atoms with Crippen LogP contribution in [0.25, 0.3) is 0 Å². The predicted octanol–water partition coefficient (Wildman–Crippen LogP) is 2.64. The summed E-state index contributed by atoms with van der Waals surface area (Å²) in [4.78, 5) is 34.6. The smallest absolute Gasteiger partial charge is 0.342 e. The summed E-state index contributed by atoms with van der Waals surface area (Å²) in [5.74, 6) is -1.25. The van der Waals surface area contributed by atoms with E-state index in [0.29, 0.717) is 0 Å². The number of methoxy groups -OCH3 is 2. The summed E-state index contributed by atoms with van der Waals surface area (Å²) in [5, 5.41) is 13.4. The highest BCUT2D eigenvalue weighted by Gasteiger charge is 2.19. The van der Waals surface area contributed by atoms with Crippen molar-refractivity contribution in [1.29, 1.82) is 0 Å². The van der Waals surface area contributed by atoms with Crippen LogP contribution in [0.4, 0.5) is 17.1 Å². The molecule has 11 heteroatoms. The van der Waals surface area contributed by atoms with E-state index in [0.717, 1.165) is 6.07 Å². The maximum atomic E-state index is 12.2. The Bertz CT molecular complexity index is 933. The molecule has 0 unspecified atom stereocenters. The van der Waals surface area contributed by atoms with Crippen molar-refractivity contribution in [2.45, 2.75) is 0 Å². The largest absolute Gasteiger partial charge is 0.496 e. The third kappa shape index (κ3) is 4.80. The van der Waals surface area contributed by atoms with Crippen molar-refractivity contribution in [3.63, 3.8) is 0 Å². The third-order valence-electron chi connectivity index (χ3n) is 3.54. The SMILES string of the molecule is COc1ccc([N+](=O)[O-])cc1NC(=O)COC(=O)c1cc(Cl)c(N)cc1OC. The van der Waals surface area contributed by atoms with Gasteiger partial charge in [0, 0.05) is 18.2 Å². The molecule has 0 aliphatic carbocycles. The second kappa shape index (κ2) is 8.91. The molecular weight excluding hydrogens is 394 g/mol. The lowest BCUT2D eigenvalue weighted by Gasteiger charge is -2.12. The van der Waals surface area contributed by atoms with Gasteiger partial charge >= 0.3 is 5.97 Å². The highest BCUT2D eigenvalue weighted by Crippen LogP contribution is 2.30. The van der Waals surface area contributed by atoms with Crippen molar-refractivity contribution >= 4 is 40.5 Å². The minimum atomic E-state index is -0.861. The fraction of sp³-hybridized carbons (Fsp3) is 0.176. The molecule has 0 aliphatic heterocycles. The molecule has 0 saturated carbocycles. The van der Waals surface area contributed by atoms with Gasteiger partial charge in [-0.15, -0.1) is 0 Å². The summed E-state index contributed by atoms with van der Waals surface area (Å²) in [6.45, 7) is -0.657. The van der Waals surface area contributed by atoms with Crippen LogP contribution in [0.5, 0.6) is 11.5 Å². The molecule has 3 N–H and O–H groups in total. The van der Waals surface area contributed by atoms with E-state index < -0.39 is 23.4 Å². The number of halogens is 1. The molecule has 0 radical (unpaired) electrons. The summed E-state index contributed by atoms with van der Waals surface area (Å²) in [6.07, 6.45) is 0. The normalized spacial score (nSPS) is 10.1. The highest BCUT2D eigenvalue weighted by molar-refractivity contribution is 6.33. The number of nitrogens with zero attached hydrogens (tertiary/aromatic N) is 1. The van der Waals surface area contributed by atoms with Crippen molar-refractivity contribution in [3.8, 4) is 11.5 Å². The standard InChI is InChI=1S/C17H16ClN3O7/c1-26-14-4-3-9(21(24)25)5-13(14)20-16(22)8-28-17(23)10-6-11(18)12(19)7-15(10)27-2/h3-7H,8,19H2,1-2H3,(H,20,22). The van der Waals surface area contributed by atoms with E-state index in [1.165, 1.54) is 38.5 Å². The lowest BCUT2D eigenvalue weighted by atomic mass is 10.2. The summed E-state index contributed by atoms with van der Waals surface area (Å²) in [7, 11) is 2.68. The molecule has 148 valence electrons. The first-order chi connectivity index (χ1) is 13.3. The molecule has 0 bridgehead atoms. The Morgan fingerprint density at radius 2 is 1.86 bits per heavy atom. The number of benzene rings is 2. The lowest BCUT2D eigenvalue weighted by molar-refractivity contribution is -0.384. The monoisotopic (exact) mass is 409 g/mol. The first-order valence-electron chi connectivity index (χ1n) is 7.69. The van der Waals surface area contributed by atoms with E-state index in [1.54, 1.807) is 0 Å². The van der Waals surface area contributed by atoms with Gasteiger partial charge in [-0.25, -0.2) is 4.79 Å². The number of carbonyl (C=O) groups excluding carboxylic acids is 2. The average Bonchev–Trinajstić information content (AvgIpc) is 2.67. The van der Waals surface area contributed by atoms with Crippen LogP contribution in [-0.4, -0.2) is 37.6 Å². The maximum Gasteiger partial charge on any atom is 0.342 e. The van der Waals surface area contributed by atoms with Gasteiger partial charge < -0.3 is 25.3 Å². The van der Waals surface area contributed by atoms with Crippen molar-refractivity contribution in [2.75, 3.05) is 31.9 Å². The van der Waals surface area contributed by atoms with Crippen LogP contribution >= 0.6 is 11.6 Å². The lowest BCUT2D eigenvalue weighted by Crippen LogP contribution is -2.21. The summed E-state index contributed by atoms with van der Waals surface area (Å²) in [5.41, 5.74) is 5.67. The fourth-order valence-corrected chi connectivity index (χ4v) is 2.36. The van der Waals surface area contributed by atoms with E-state index in [2.05, 4.69) is 5.32 Å². The zero-order chi connectivity index (χ0) is 20.8. The molecule has 2 aromatic carbocycles. The van der Waals surface area contributed by atoms with E-state index in [9.17, 15) is 19.7 Å².